The first-order valence-corrected chi connectivity index (χ1v) is 5.64. The number of aliphatic hydroxyl groups excluding tert-OH is 2. The summed E-state index contributed by atoms with van der Waals surface area (Å²) in [6.07, 6.45) is 0.644. The number of rotatable bonds is 8. The van der Waals surface area contributed by atoms with E-state index in [4.69, 9.17) is 5.11 Å². The Hall–Kier alpha value is -2.00. The first kappa shape index (κ1) is 15.1. The Bertz CT molecular complexity index is 447. The van der Waals surface area contributed by atoms with Crippen LogP contribution in [0.5, 0.6) is 0 Å². The van der Waals surface area contributed by atoms with Crippen LogP contribution in [0.3, 0.4) is 0 Å². The van der Waals surface area contributed by atoms with Gasteiger partial charge in [0.05, 0.1) is 13.2 Å². The van der Waals surface area contributed by atoms with E-state index in [9.17, 15) is 20.0 Å². The van der Waals surface area contributed by atoms with Crippen molar-refractivity contribution in [1.82, 2.24) is 14.5 Å². The maximum absolute atomic E-state index is 10.8. The zero-order valence-corrected chi connectivity index (χ0v) is 10.5. The van der Waals surface area contributed by atoms with Crippen molar-refractivity contribution in [2.75, 3.05) is 19.7 Å². The summed E-state index contributed by atoms with van der Waals surface area (Å²) in [4.78, 5) is 25.8. The van der Waals surface area contributed by atoms with Crippen molar-refractivity contribution in [3.8, 4) is 0 Å². The molecule has 0 aromatic carbocycles. The van der Waals surface area contributed by atoms with Crippen molar-refractivity contribution in [2.45, 2.75) is 19.6 Å². The first-order valence-electron chi connectivity index (χ1n) is 5.64. The van der Waals surface area contributed by atoms with Crippen LogP contribution < -0.4 is 0 Å². The third-order valence-corrected chi connectivity index (χ3v) is 2.60. The van der Waals surface area contributed by atoms with Crippen molar-refractivity contribution in [3.63, 3.8) is 0 Å². The van der Waals surface area contributed by atoms with Gasteiger partial charge in [0.1, 0.15) is 18.8 Å². The Morgan fingerprint density at radius 2 is 2.37 bits per heavy atom. The lowest BCUT2D eigenvalue weighted by molar-refractivity contribution is -0.392. The smallest absolute Gasteiger partial charge is 0.342 e. The maximum atomic E-state index is 10.8. The Morgan fingerprint density at radius 3 is 2.89 bits per heavy atom. The molecule has 1 atom stereocenters. The van der Waals surface area contributed by atoms with E-state index in [0.717, 1.165) is 6.20 Å². The second-order valence-corrected chi connectivity index (χ2v) is 4.01. The number of aliphatic hydroxyl groups is 2. The predicted molar refractivity (Wildman–Crippen MR) is 64.3 cm³/mol. The van der Waals surface area contributed by atoms with Gasteiger partial charge in [-0.25, -0.2) is 9.55 Å². The minimum absolute atomic E-state index is 0.0150. The zero-order valence-electron chi connectivity index (χ0n) is 10.5. The third-order valence-electron chi connectivity index (χ3n) is 2.60. The van der Waals surface area contributed by atoms with Gasteiger partial charge in [0.2, 0.25) is 6.41 Å². The van der Waals surface area contributed by atoms with Gasteiger partial charge in [-0.15, -0.1) is 0 Å². The van der Waals surface area contributed by atoms with E-state index in [1.54, 1.807) is 6.92 Å². The Balaban J connectivity index is 2.71. The van der Waals surface area contributed by atoms with Crippen LogP contribution in [0.15, 0.2) is 6.20 Å². The van der Waals surface area contributed by atoms with Gasteiger partial charge in [-0.3, -0.25) is 4.79 Å². The van der Waals surface area contributed by atoms with Crippen molar-refractivity contribution in [2.24, 2.45) is 0 Å². The van der Waals surface area contributed by atoms with Gasteiger partial charge in [0, 0.05) is 13.5 Å². The number of aromatic nitrogens is 2. The van der Waals surface area contributed by atoms with Crippen LogP contribution in [0.1, 0.15) is 5.82 Å². The highest BCUT2D eigenvalue weighted by Crippen LogP contribution is 2.14. The van der Waals surface area contributed by atoms with Crippen LogP contribution in [-0.4, -0.2) is 61.8 Å². The van der Waals surface area contributed by atoms with Crippen molar-refractivity contribution < 1.29 is 19.9 Å². The molecule has 19 heavy (non-hydrogen) atoms. The lowest BCUT2D eigenvalue weighted by Gasteiger charge is -2.19. The summed E-state index contributed by atoms with van der Waals surface area (Å²) < 4.78 is 1.27. The van der Waals surface area contributed by atoms with E-state index in [-0.39, 0.29) is 32.1 Å². The number of hydrogen-bond acceptors (Lipinski definition) is 6. The molecule has 0 aliphatic carbocycles. The highest BCUT2D eigenvalue weighted by molar-refractivity contribution is 5.46. The fraction of sp³-hybridized carbons (Fsp3) is 0.600. The predicted octanol–water partition coefficient (Wildman–Crippen LogP) is -1.09. The number of carbonyl (C=O) groups is 1. The summed E-state index contributed by atoms with van der Waals surface area (Å²) in [5, 5.41) is 29.3. The molecule has 9 heteroatoms. The largest absolute Gasteiger partial charge is 0.395 e. The number of amides is 1. The Morgan fingerprint density at radius 1 is 1.68 bits per heavy atom. The monoisotopic (exact) mass is 272 g/mol. The quantitative estimate of drug-likeness (QED) is 0.352. The minimum atomic E-state index is -0.983. The van der Waals surface area contributed by atoms with Gasteiger partial charge in [0.15, 0.2) is 5.82 Å². The molecule has 1 heterocycles. The number of carbonyl (C=O) groups excluding carboxylic acids is 1. The summed E-state index contributed by atoms with van der Waals surface area (Å²) in [6.45, 7) is 1.42. The third kappa shape index (κ3) is 4.00. The maximum Gasteiger partial charge on any atom is 0.342 e. The normalized spacial score (nSPS) is 12.2. The Kier molecular flexibility index (Phi) is 5.39. The fourth-order valence-corrected chi connectivity index (χ4v) is 1.68. The number of imidazole rings is 1. The van der Waals surface area contributed by atoms with Crippen molar-refractivity contribution in [3.05, 3.63) is 22.1 Å². The van der Waals surface area contributed by atoms with Gasteiger partial charge >= 0.3 is 5.82 Å². The first-order chi connectivity index (χ1) is 8.99. The fourth-order valence-electron chi connectivity index (χ4n) is 1.68. The molecule has 0 saturated heterocycles. The van der Waals surface area contributed by atoms with Crippen LogP contribution >= 0.6 is 0 Å². The SMILES string of the molecule is Cc1ncc([N+](=O)[O-])n1CC(O)CN(C=O)CCO. The number of nitrogens with zero attached hydrogens (tertiary/aromatic N) is 4. The van der Waals surface area contributed by atoms with Gasteiger partial charge in [-0.1, -0.05) is 0 Å². The summed E-state index contributed by atoms with van der Waals surface area (Å²) >= 11 is 0. The van der Waals surface area contributed by atoms with Crippen LogP contribution in [0.2, 0.25) is 0 Å². The Labute approximate surface area is 109 Å². The van der Waals surface area contributed by atoms with Gasteiger partial charge in [-0.2, -0.15) is 0 Å². The molecule has 1 amide bonds. The highest BCUT2D eigenvalue weighted by atomic mass is 16.6. The topological polar surface area (TPSA) is 122 Å². The molecule has 1 aromatic rings. The second kappa shape index (κ2) is 6.81. The second-order valence-electron chi connectivity index (χ2n) is 4.01. The van der Waals surface area contributed by atoms with Gasteiger partial charge in [0.25, 0.3) is 0 Å². The van der Waals surface area contributed by atoms with E-state index in [0.29, 0.717) is 12.2 Å². The molecule has 1 aromatic heterocycles. The van der Waals surface area contributed by atoms with Gasteiger partial charge in [-0.05, 0) is 4.92 Å². The molecule has 0 fully saturated rings. The number of aryl methyl sites for hydroxylation is 1. The van der Waals surface area contributed by atoms with Crippen LogP contribution in [0.4, 0.5) is 5.82 Å². The molecule has 0 bridgehead atoms. The van der Waals surface area contributed by atoms with Crippen LogP contribution in [0.25, 0.3) is 0 Å². The molecule has 9 nitrogen and oxygen atoms in total. The number of hydrogen-bond donors (Lipinski definition) is 2. The molecular formula is C10H16N4O5. The summed E-state index contributed by atoms with van der Waals surface area (Å²) in [7, 11) is 0. The van der Waals surface area contributed by atoms with Crippen molar-refractivity contribution in [1.29, 1.82) is 0 Å². The molecule has 1 rings (SSSR count). The molecule has 1 unspecified atom stereocenters. The molecule has 106 valence electrons. The molecule has 0 aliphatic rings. The van der Waals surface area contributed by atoms with Crippen LogP contribution in [-0.2, 0) is 11.3 Å². The lowest BCUT2D eigenvalue weighted by Crippen LogP contribution is -2.35. The van der Waals surface area contributed by atoms with Crippen LogP contribution in [0, 0.1) is 17.0 Å². The molecular weight excluding hydrogens is 256 g/mol. The van der Waals surface area contributed by atoms with E-state index in [1.165, 1.54) is 9.47 Å². The van der Waals surface area contributed by atoms with Crippen molar-refractivity contribution >= 4 is 12.2 Å². The van der Waals surface area contributed by atoms with E-state index >= 15 is 0 Å². The molecule has 0 spiro atoms. The minimum Gasteiger partial charge on any atom is -0.395 e. The standard InChI is InChI=1S/C10H16N4O5/c1-8-11-4-10(14(18)19)13(8)6-9(17)5-12(7-16)2-3-15/h4,7,9,15,17H,2-3,5-6H2,1H3. The van der Waals surface area contributed by atoms with E-state index < -0.39 is 11.0 Å². The molecule has 2 N–H and O–H groups in total. The molecule has 0 aliphatic heterocycles. The summed E-state index contributed by atoms with van der Waals surface area (Å²) in [5.41, 5.74) is 0. The van der Waals surface area contributed by atoms with Gasteiger partial charge < -0.3 is 25.2 Å². The zero-order chi connectivity index (χ0) is 14.4. The average molecular weight is 272 g/mol. The highest BCUT2D eigenvalue weighted by Gasteiger charge is 2.21. The lowest BCUT2D eigenvalue weighted by atomic mass is 10.3. The summed E-state index contributed by atoms with van der Waals surface area (Å²) in [6, 6.07) is 0. The molecule has 0 radical (unpaired) electrons. The van der Waals surface area contributed by atoms with E-state index in [2.05, 4.69) is 4.98 Å². The summed E-state index contributed by atoms with van der Waals surface area (Å²) in [5.74, 6) is 0.196. The van der Waals surface area contributed by atoms with E-state index in [1.807, 2.05) is 0 Å². The average Bonchev–Trinajstić information content (AvgIpc) is 2.70. The molecule has 0 saturated carbocycles. The number of nitro groups is 1.